The summed E-state index contributed by atoms with van der Waals surface area (Å²) < 4.78 is 0. The van der Waals surface area contributed by atoms with E-state index in [4.69, 9.17) is 0 Å². The van der Waals surface area contributed by atoms with Gasteiger partial charge in [-0.05, 0) is 51.4 Å². The molecule has 0 spiro atoms. The van der Waals surface area contributed by atoms with Gasteiger partial charge in [0.1, 0.15) is 0 Å². The zero-order valence-electron chi connectivity index (χ0n) is 10.3. The van der Waals surface area contributed by atoms with E-state index in [1.807, 2.05) is 0 Å². The first kappa shape index (κ1) is 14.3. The predicted molar refractivity (Wildman–Crippen MR) is 69.3 cm³/mol. The Hall–Kier alpha value is 0.310. The molecule has 0 rings (SSSR count). The van der Waals surface area contributed by atoms with Crippen LogP contribution in [-0.4, -0.2) is 30.3 Å². The first-order chi connectivity index (χ1) is 6.57. The number of hydrogen-bond acceptors (Lipinski definition) is 2. The Morgan fingerprint density at radius 2 is 1.71 bits per heavy atom. The maximum atomic E-state index is 4.22. The molecule has 0 heterocycles. The van der Waals surface area contributed by atoms with Crippen molar-refractivity contribution in [1.82, 2.24) is 4.90 Å². The molecular formula is C12H27NS. The van der Waals surface area contributed by atoms with Crippen molar-refractivity contribution in [2.75, 3.05) is 19.3 Å². The monoisotopic (exact) mass is 217 g/mol. The lowest BCUT2D eigenvalue weighted by Crippen LogP contribution is -2.31. The van der Waals surface area contributed by atoms with Crippen molar-refractivity contribution in [3.05, 3.63) is 0 Å². The molecule has 14 heavy (non-hydrogen) atoms. The van der Waals surface area contributed by atoms with Crippen molar-refractivity contribution in [3.63, 3.8) is 0 Å². The average molecular weight is 217 g/mol. The lowest BCUT2D eigenvalue weighted by molar-refractivity contribution is 0.224. The molecule has 0 saturated carbocycles. The first-order valence-corrected chi connectivity index (χ1v) is 6.52. The first-order valence-electron chi connectivity index (χ1n) is 5.89. The third-order valence-electron chi connectivity index (χ3n) is 2.73. The molecule has 1 atom stereocenters. The lowest BCUT2D eigenvalue weighted by Gasteiger charge is -2.26. The second-order valence-corrected chi connectivity index (χ2v) is 5.19. The molecule has 0 radical (unpaired) electrons. The van der Waals surface area contributed by atoms with Crippen LogP contribution in [0.4, 0.5) is 0 Å². The molecule has 0 fully saturated rings. The standard InChI is InChI=1S/C12H27NS/c1-11(2)10-12(3)13(4)8-6-5-7-9-14/h11-12,14H,5-10H2,1-4H3. The smallest absolute Gasteiger partial charge is 0.00663 e. The Morgan fingerprint density at radius 1 is 1.07 bits per heavy atom. The summed E-state index contributed by atoms with van der Waals surface area (Å²) in [4.78, 5) is 2.48. The Bertz CT molecular complexity index is 125. The fraction of sp³-hybridized carbons (Fsp3) is 1.00. The van der Waals surface area contributed by atoms with Crippen molar-refractivity contribution in [3.8, 4) is 0 Å². The normalized spacial score (nSPS) is 13.9. The molecular weight excluding hydrogens is 190 g/mol. The molecule has 2 heteroatoms. The van der Waals surface area contributed by atoms with E-state index in [0.29, 0.717) is 0 Å². The van der Waals surface area contributed by atoms with Gasteiger partial charge >= 0.3 is 0 Å². The summed E-state index contributed by atoms with van der Waals surface area (Å²) in [6.07, 6.45) is 5.21. The number of nitrogens with zero attached hydrogens (tertiary/aromatic N) is 1. The highest BCUT2D eigenvalue weighted by molar-refractivity contribution is 7.80. The Labute approximate surface area is 95.7 Å². The van der Waals surface area contributed by atoms with Crippen LogP contribution in [0.5, 0.6) is 0 Å². The van der Waals surface area contributed by atoms with Gasteiger partial charge in [0.25, 0.3) is 0 Å². The molecule has 1 unspecified atom stereocenters. The quantitative estimate of drug-likeness (QED) is 0.481. The number of thiol groups is 1. The van der Waals surface area contributed by atoms with Crippen molar-refractivity contribution in [2.45, 2.75) is 52.5 Å². The third-order valence-corrected chi connectivity index (χ3v) is 3.05. The number of hydrogen-bond donors (Lipinski definition) is 1. The molecule has 0 bridgehead atoms. The largest absolute Gasteiger partial charge is 0.304 e. The summed E-state index contributed by atoms with van der Waals surface area (Å²) in [5, 5.41) is 0. The molecule has 1 nitrogen and oxygen atoms in total. The van der Waals surface area contributed by atoms with Crippen LogP contribution in [0.15, 0.2) is 0 Å². The third kappa shape index (κ3) is 7.69. The second-order valence-electron chi connectivity index (χ2n) is 4.74. The van der Waals surface area contributed by atoms with Crippen LogP contribution in [-0.2, 0) is 0 Å². The van der Waals surface area contributed by atoms with Gasteiger partial charge in [-0.3, -0.25) is 0 Å². The van der Waals surface area contributed by atoms with E-state index in [-0.39, 0.29) is 0 Å². The van der Waals surface area contributed by atoms with Gasteiger partial charge in [0.15, 0.2) is 0 Å². The van der Waals surface area contributed by atoms with E-state index in [1.54, 1.807) is 0 Å². The summed E-state index contributed by atoms with van der Waals surface area (Å²) in [5.41, 5.74) is 0. The van der Waals surface area contributed by atoms with Gasteiger partial charge in [-0.25, -0.2) is 0 Å². The van der Waals surface area contributed by atoms with Crippen molar-refractivity contribution < 1.29 is 0 Å². The Kier molecular flexibility index (Phi) is 8.80. The summed E-state index contributed by atoms with van der Waals surface area (Å²) in [5.74, 6) is 1.84. The van der Waals surface area contributed by atoms with Crippen molar-refractivity contribution in [1.29, 1.82) is 0 Å². The fourth-order valence-electron chi connectivity index (χ4n) is 1.73. The summed E-state index contributed by atoms with van der Waals surface area (Å²) in [6.45, 7) is 8.16. The summed E-state index contributed by atoms with van der Waals surface area (Å²) >= 11 is 4.22. The van der Waals surface area contributed by atoms with Gasteiger partial charge in [-0.1, -0.05) is 20.3 Å². The fourth-order valence-corrected chi connectivity index (χ4v) is 1.96. The SMILES string of the molecule is CC(C)CC(C)N(C)CCCCCS. The Balaban J connectivity index is 3.46. The molecule has 0 aromatic heterocycles. The van der Waals surface area contributed by atoms with E-state index in [1.165, 1.54) is 32.2 Å². The highest BCUT2D eigenvalue weighted by Gasteiger charge is 2.09. The minimum absolute atomic E-state index is 0.728. The lowest BCUT2D eigenvalue weighted by atomic mass is 10.0. The highest BCUT2D eigenvalue weighted by atomic mass is 32.1. The van der Waals surface area contributed by atoms with Crippen LogP contribution < -0.4 is 0 Å². The van der Waals surface area contributed by atoms with Crippen LogP contribution in [0.2, 0.25) is 0 Å². The second kappa shape index (κ2) is 8.60. The van der Waals surface area contributed by atoms with E-state index in [9.17, 15) is 0 Å². The van der Waals surface area contributed by atoms with Gasteiger partial charge in [0.2, 0.25) is 0 Å². The molecule has 0 aromatic carbocycles. The predicted octanol–water partition coefficient (Wildman–Crippen LogP) is 3.45. The van der Waals surface area contributed by atoms with Gasteiger partial charge in [0, 0.05) is 6.04 Å². The van der Waals surface area contributed by atoms with Gasteiger partial charge in [-0.15, -0.1) is 0 Å². The van der Waals surface area contributed by atoms with Crippen LogP contribution in [0.25, 0.3) is 0 Å². The maximum Gasteiger partial charge on any atom is 0.00663 e. The summed E-state index contributed by atoms with van der Waals surface area (Å²) in [6, 6.07) is 0.728. The molecule has 0 saturated heterocycles. The van der Waals surface area contributed by atoms with Crippen LogP contribution in [0.1, 0.15) is 46.5 Å². The molecule has 0 N–H and O–H groups in total. The van der Waals surface area contributed by atoms with E-state index in [2.05, 4.69) is 45.3 Å². The molecule has 0 aliphatic heterocycles. The summed E-state index contributed by atoms with van der Waals surface area (Å²) in [7, 11) is 2.24. The number of rotatable bonds is 8. The van der Waals surface area contributed by atoms with E-state index < -0.39 is 0 Å². The van der Waals surface area contributed by atoms with Gasteiger partial charge in [0.05, 0.1) is 0 Å². The zero-order chi connectivity index (χ0) is 11.0. The maximum absolute atomic E-state index is 4.22. The van der Waals surface area contributed by atoms with Gasteiger partial charge in [-0.2, -0.15) is 12.6 Å². The minimum Gasteiger partial charge on any atom is -0.304 e. The zero-order valence-corrected chi connectivity index (χ0v) is 11.2. The molecule has 86 valence electrons. The Morgan fingerprint density at radius 3 is 2.21 bits per heavy atom. The van der Waals surface area contributed by atoms with Crippen LogP contribution in [0.3, 0.4) is 0 Å². The average Bonchev–Trinajstić information content (AvgIpc) is 2.11. The minimum atomic E-state index is 0.728. The molecule has 0 amide bonds. The molecule has 0 aliphatic carbocycles. The van der Waals surface area contributed by atoms with Crippen molar-refractivity contribution in [2.24, 2.45) is 5.92 Å². The van der Waals surface area contributed by atoms with Gasteiger partial charge < -0.3 is 4.90 Å². The topological polar surface area (TPSA) is 3.24 Å². The van der Waals surface area contributed by atoms with E-state index >= 15 is 0 Å². The van der Waals surface area contributed by atoms with Crippen molar-refractivity contribution >= 4 is 12.6 Å². The highest BCUT2D eigenvalue weighted by Crippen LogP contribution is 2.10. The molecule has 0 aromatic rings. The van der Waals surface area contributed by atoms with E-state index in [0.717, 1.165) is 17.7 Å². The van der Waals surface area contributed by atoms with Crippen LogP contribution in [0, 0.1) is 5.92 Å². The number of unbranched alkanes of at least 4 members (excludes halogenated alkanes) is 2. The van der Waals surface area contributed by atoms with Crippen LogP contribution >= 0.6 is 12.6 Å². The molecule has 0 aliphatic rings.